The predicted molar refractivity (Wildman–Crippen MR) is 55.7 cm³/mol. The van der Waals surface area contributed by atoms with Gasteiger partial charge in [0.1, 0.15) is 0 Å². The van der Waals surface area contributed by atoms with Crippen LogP contribution in [-0.4, -0.2) is 24.3 Å². The van der Waals surface area contributed by atoms with Crippen LogP contribution in [0.15, 0.2) is 0 Å². The van der Waals surface area contributed by atoms with Crippen LogP contribution in [0.25, 0.3) is 0 Å². The molecule has 2 atom stereocenters. The summed E-state index contributed by atoms with van der Waals surface area (Å²) >= 11 is 0. The fourth-order valence-electron chi connectivity index (χ4n) is 2.02. The fraction of sp³-hybridized carbons (Fsp3) is 1.00. The quantitative estimate of drug-likeness (QED) is 0.641. The van der Waals surface area contributed by atoms with Gasteiger partial charge in [0.15, 0.2) is 0 Å². The van der Waals surface area contributed by atoms with Gasteiger partial charge < -0.3 is 10.4 Å². The van der Waals surface area contributed by atoms with Gasteiger partial charge in [0.2, 0.25) is 0 Å². The normalized spacial score (nSPS) is 29.1. The average molecular weight is 185 g/mol. The average Bonchev–Trinajstić information content (AvgIpc) is 2.15. The van der Waals surface area contributed by atoms with Crippen molar-refractivity contribution >= 4 is 0 Å². The summed E-state index contributed by atoms with van der Waals surface area (Å²) in [6, 6.07) is 0. The first-order chi connectivity index (χ1) is 6.34. The highest BCUT2D eigenvalue weighted by atomic mass is 16.3. The molecule has 0 aliphatic heterocycles. The third-order valence-electron chi connectivity index (χ3n) is 2.98. The largest absolute Gasteiger partial charge is 0.393 e. The van der Waals surface area contributed by atoms with Crippen LogP contribution in [0, 0.1) is 5.92 Å². The smallest absolute Gasteiger partial charge is 0.0580 e. The number of nitrogens with one attached hydrogen (secondary N) is 1. The van der Waals surface area contributed by atoms with Crippen molar-refractivity contribution in [2.45, 2.75) is 51.6 Å². The summed E-state index contributed by atoms with van der Waals surface area (Å²) in [6.45, 7) is 4.33. The molecular formula is C11H23NO. The molecule has 1 rings (SSSR count). The second-order valence-corrected chi connectivity index (χ2v) is 4.17. The van der Waals surface area contributed by atoms with Gasteiger partial charge in [-0.2, -0.15) is 0 Å². The van der Waals surface area contributed by atoms with E-state index in [1.165, 1.54) is 32.1 Å². The molecule has 1 aliphatic carbocycles. The molecule has 0 amide bonds. The first-order valence-electron chi connectivity index (χ1n) is 5.73. The summed E-state index contributed by atoms with van der Waals surface area (Å²) in [7, 11) is 0. The molecule has 1 aliphatic rings. The van der Waals surface area contributed by atoms with Gasteiger partial charge in [-0.1, -0.05) is 26.2 Å². The maximum Gasteiger partial charge on any atom is 0.0580 e. The molecule has 78 valence electrons. The standard InChI is InChI=1S/C11H23NO/c1-2-3-8-12-9-10-6-4-5-7-11(10)13/h10-13H,2-9H2,1H3. The van der Waals surface area contributed by atoms with E-state index in [1.54, 1.807) is 0 Å². The number of unbranched alkanes of at least 4 members (excludes halogenated alkanes) is 1. The van der Waals surface area contributed by atoms with E-state index in [2.05, 4.69) is 12.2 Å². The van der Waals surface area contributed by atoms with Gasteiger partial charge in [-0.15, -0.1) is 0 Å². The Hall–Kier alpha value is -0.0800. The minimum Gasteiger partial charge on any atom is -0.393 e. The Bertz CT molecular complexity index is 127. The SMILES string of the molecule is CCCCNCC1CCCCC1O. The number of hydrogen-bond donors (Lipinski definition) is 2. The van der Waals surface area contributed by atoms with Crippen molar-refractivity contribution in [1.82, 2.24) is 5.32 Å². The van der Waals surface area contributed by atoms with Crippen LogP contribution >= 0.6 is 0 Å². The van der Waals surface area contributed by atoms with Crippen molar-refractivity contribution in [2.24, 2.45) is 5.92 Å². The summed E-state index contributed by atoms with van der Waals surface area (Å²) in [5.74, 6) is 0.519. The maximum absolute atomic E-state index is 9.69. The second-order valence-electron chi connectivity index (χ2n) is 4.17. The summed E-state index contributed by atoms with van der Waals surface area (Å²) in [4.78, 5) is 0. The fourth-order valence-corrected chi connectivity index (χ4v) is 2.02. The monoisotopic (exact) mass is 185 g/mol. The third kappa shape index (κ3) is 4.10. The van der Waals surface area contributed by atoms with E-state index in [0.717, 1.165) is 19.5 Å². The molecule has 0 heterocycles. The molecule has 0 aromatic rings. The highest BCUT2D eigenvalue weighted by molar-refractivity contribution is 4.75. The van der Waals surface area contributed by atoms with Crippen LogP contribution < -0.4 is 5.32 Å². The minimum atomic E-state index is -0.0390. The van der Waals surface area contributed by atoms with Gasteiger partial charge in [-0.05, 0) is 31.7 Å². The first-order valence-corrected chi connectivity index (χ1v) is 5.73. The van der Waals surface area contributed by atoms with Crippen molar-refractivity contribution in [3.05, 3.63) is 0 Å². The Balaban J connectivity index is 2.05. The molecule has 0 bridgehead atoms. The van der Waals surface area contributed by atoms with E-state index in [1.807, 2.05) is 0 Å². The minimum absolute atomic E-state index is 0.0390. The molecule has 2 heteroatoms. The Labute approximate surface area is 81.7 Å². The predicted octanol–water partition coefficient (Wildman–Crippen LogP) is 1.93. The molecule has 0 spiro atoms. The second kappa shape index (κ2) is 6.39. The number of rotatable bonds is 5. The van der Waals surface area contributed by atoms with Crippen molar-refractivity contribution in [2.75, 3.05) is 13.1 Å². The Morgan fingerprint density at radius 1 is 1.31 bits per heavy atom. The zero-order chi connectivity index (χ0) is 9.52. The van der Waals surface area contributed by atoms with Crippen LogP contribution in [0.3, 0.4) is 0 Å². The highest BCUT2D eigenvalue weighted by Crippen LogP contribution is 2.23. The third-order valence-corrected chi connectivity index (χ3v) is 2.98. The number of hydrogen-bond acceptors (Lipinski definition) is 2. The lowest BCUT2D eigenvalue weighted by Crippen LogP contribution is -2.34. The molecule has 2 N–H and O–H groups in total. The Morgan fingerprint density at radius 2 is 2.08 bits per heavy atom. The van der Waals surface area contributed by atoms with Crippen molar-refractivity contribution in [3.8, 4) is 0 Å². The van der Waals surface area contributed by atoms with Crippen molar-refractivity contribution in [1.29, 1.82) is 0 Å². The molecule has 0 radical (unpaired) electrons. The van der Waals surface area contributed by atoms with Gasteiger partial charge in [0.25, 0.3) is 0 Å². The van der Waals surface area contributed by atoms with Gasteiger partial charge in [-0.3, -0.25) is 0 Å². The summed E-state index contributed by atoms with van der Waals surface area (Å²) in [6.07, 6.45) is 7.20. The Morgan fingerprint density at radius 3 is 2.77 bits per heavy atom. The summed E-state index contributed by atoms with van der Waals surface area (Å²) in [5, 5.41) is 13.1. The van der Waals surface area contributed by atoms with E-state index >= 15 is 0 Å². The van der Waals surface area contributed by atoms with E-state index in [4.69, 9.17) is 0 Å². The molecule has 0 saturated heterocycles. The van der Waals surface area contributed by atoms with Gasteiger partial charge in [-0.25, -0.2) is 0 Å². The summed E-state index contributed by atoms with van der Waals surface area (Å²) < 4.78 is 0. The van der Waals surface area contributed by atoms with Crippen molar-refractivity contribution in [3.63, 3.8) is 0 Å². The molecule has 0 aromatic heterocycles. The van der Waals surface area contributed by atoms with Gasteiger partial charge in [0, 0.05) is 6.54 Å². The topological polar surface area (TPSA) is 32.3 Å². The van der Waals surface area contributed by atoms with Crippen LogP contribution in [0.5, 0.6) is 0 Å². The van der Waals surface area contributed by atoms with Gasteiger partial charge in [0.05, 0.1) is 6.10 Å². The number of aliphatic hydroxyl groups excluding tert-OH is 1. The van der Waals surface area contributed by atoms with E-state index in [9.17, 15) is 5.11 Å². The zero-order valence-electron chi connectivity index (χ0n) is 8.76. The van der Waals surface area contributed by atoms with Crippen molar-refractivity contribution < 1.29 is 5.11 Å². The Kier molecular flexibility index (Phi) is 5.40. The molecule has 1 saturated carbocycles. The zero-order valence-corrected chi connectivity index (χ0v) is 8.76. The number of aliphatic hydroxyl groups is 1. The van der Waals surface area contributed by atoms with Crippen LogP contribution in [0.1, 0.15) is 45.4 Å². The lowest BCUT2D eigenvalue weighted by molar-refractivity contribution is 0.0697. The molecular weight excluding hydrogens is 162 g/mol. The molecule has 2 nitrogen and oxygen atoms in total. The summed E-state index contributed by atoms with van der Waals surface area (Å²) in [5.41, 5.74) is 0. The van der Waals surface area contributed by atoms with E-state index in [0.29, 0.717) is 5.92 Å². The molecule has 13 heavy (non-hydrogen) atoms. The first kappa shape index (κ1) is 11.0. The van der Waals surface area contributed by atoms with Crippen LogP contribution in [0.2, 0.25) is 0 Å². The van der Waals surface area contributed by atoms with E-state index < -0.39 is 0 Å². The van der Waals surface area contributed by atoms with Crippen LogP contribution in [-0.2, 0) is 0 Å². The van der Waals surface area contributed by atoms with Gasteiger partial charge >= 0.3 is 0 Å². The lowest BCUT2D eigenvalue weighted by Gasteiger charge is -2.27. The van der Waals surface area contributed by atoms with E-state index in [-0.39, 0.29) is 6.10 Å². The van der Waals surface area contributed by atoms with Crippen LogP contribution in [0.4, 0.5) is 0 Å². The maximum atomic E-state index is 9.69. The highest BCUT2D eigenvalue weighted by Gasteiger charge is 2.21. The lowest BCUT2D eigenvalue weighted by atomic mass is 9.86. The molecule has 2 unspecified atom stereocenters. The molecule has 1 fully saturated rings. The molecule has 0 aromatic carbocycles.